The number of carbonyl (C=O) groups excluding carboxylic acids is 2. The molecule has 0 N–H and O–H groups in total. The van der Waals surface area contributed by atoms with Crippen molar-refractivity contribution in [2.45, 2.75) is 32.4 Å². The van der Waals surface area contributed by atoms with Gasteiger partial charge in [0.2, 0.25) is 5.91 Å². The summed E-state index contributed by atoms with van der Waals surface area (Å²) in [6.45, 7) is 6.39. The number of urea groups is 1. The molecule has 0 atom stereocenters. The van der Waals surface area contributed by atoms with Crippen LogP contribution in [0.25, 0.3) is 0 Å². The van der Waals surface area contributed by atoms with Crippen LogP contribution >= 0.6 is 0 Å². The third kappa shape index (κ3) is 4.31. The third-order valence-electron chi connectivity index (χ3n) is 5.10. The normalized spacial score (nSPS) is 18.9. The van der Waals surface area contributed by atoms with E-state index in [0.29, 0.717) is 19.7 Å². The van der Waals surface area contributed by atoms with Gasteiger partial charge in [-0.25, -0.2) is 4.79 Å². The van der Waals surface area contributed by atoms with E-state index in [4.69, 9.17) is 4.74 Å². The number of piperidine rings is 1. The van der Waals surface area contributed by atoms with Crippen LogP contribution in [0.15, 0.2) is 30.3 Å². The van der Waals surface area contributed by atoms with Crippen LogP contribution in [-0.4, -0.2) is 72.0 Å². The SMILES string of the molecule is CCN1CCN(C2CCN(C(=O)COCc3ccccc3)CC2)C1=O. The summed E-state index contributed by atoms with van der Waals surface area (Å²) in [4.78, 5) is 30.3. The zero-order valence-corrected chi connectivity index (χ0v) is 14.9. The fraction of sp³-hybridized carbons (Fsp3) is 0.579. The molecule has 3 rings (SSSR count). The van der Waals surface area contributed by atoms with Crippen LogP contribution in [0.4, 0.5) is 4.79 Å². The van der Waals surface area contributed by atoms with Crippen molar-refractivity contribution in [3.63, 3.8) is 0 Å². The second-order valence-electron chi connectivity index (χ2n) is 6.65. The molecule has 25 heavy (non-hydrogen) atoms. The van der Waals surface area contributed by atoms with E-state index in [1.165, 1.54) is 0 Å². The number of likely N-dealkylation sites (N-methyl/N-ethyl adjacent to an activating group) is 1. The molecule has 0 saturated carbocycles. The van der Waals surface area contributed by atoms with Crippen LogP contribution < -0.4 is 0 Å². The lowest BCUT2D eigenvalue weighted by molar-refractivity contribution is -0.138. The summed E-state index contributed by atoms with van der Waals surface area (Å²) >= 11 is 0. The number of nitrogens with zero attached hydrogens (tertiary/aromatic N) is 3. The number of benzene rings is 1. The van der Waals surface area contributed by atoms with Gasteiger partial charge in [-0.05, 0) is 25.3 Å². The molecule has 6 nitrogen and oxygen atoms in total. The molecule has 2 aliphatic heterocycles. The Bertz CT molecular complexity index is 585. The molecule has 0 unspecified atom stereocenters. The highest BCUT2D eigenvalue weighted by Gasteiger charge is 2.35. The second-order valence-corrected chi connectivity index (χ2v) is 6.65. The fourth-order valence-electron chi connectivity index (χ4n) is 3.58. The summed E-state index contributed by atoms with van der Waals surface area (Å²) in [5.41, 5.74) is 1.07. The number of carbonyl (C=O) groups is 2. The quantitative estimate of drug-likeness (QED) is 0.792. The van der Waals surface area contributed by atoms with Gasteiger partial charge in [0.25, 0.3) is 0 Å². The molecule has 136 valence electrons. The highest BCUT2D eigenvalue weighted by molar-refractivity contribution is 5.78. The van der Waals surface area contributed by atoms with Crippen LogP contribution in [-0.2, 0) is 16.1 Å². The average molecular weight is 345 g/mol. The molecular formula is C19H27N3O3. The van der Waals surface area contributed by atoms with Crippen LogP contribution in [0.2, 0.25) is 0 Å². The summed E-state index contributed by atoms with van der Waals surface area (Å²) < 4.78 is 5.54. The number of likely N-dealkylation sites (tertiary alicyclic amines) is 1. The fourth-order valence-corrected chi connectivity index (χ4v) is 3.58. The Morgan fingerprint density at radius 2 is 1.84 bits per heavy atom. The largest absolute Gasteiger partial charge is 0.367 e. The first-order chi connectivity index (χ1) is 12.2. The van der Waals surface area contributed by atoms with Gasteiger partial charge in [-0.2, -0.15) is 0 Å². The summed E-state index contributed by atoms with van der Waals surface area (Å²) in [6, 6.07) is 10.3. The van der Waals surface area contributed by atoms with Gasteiger partial charge in [0.05, 0.1) is 6.61 Å². The molecule has 3 amide bonds. The second kappa shape index (κ2) is 8.34. The Hall–Kier alpha value is -2.08. The van der Waals surface area contributed by atoms with Crippen LogP contribution in [0.3, 0.4) is 0 Å². The van der Waals surface area contributed by atoms with Crippen molar-refractivity contribution in [1.82, 2.24) is 14.7 Å². The maximum Gasteiger partial charge on any atom is 0.320 e. The summed E-state index contributed by atoms with van der Waals surface area (Å²) in [5.74, 6) is 0.0392. The number of amides is 3. The van der Waals surface area contributed by atoms with Gasteiger partial charge >= 0.3 is 6.03 Å². The number of rotatable bonds is 6. The zero-order valence-electron chi connectivity index (χ0n) is 14.9. The third-order valence-corrected chi connectivity index (χ3v) is 5.10. The van der Waals surface area contributed by atoms with E-state index in [0.717, 1.165) is 38.0 Å². The van der Waals surface area contributed by atoms with Gasteiger partial charge in [0, 0.05) is 38.8 Å². The lowest BCUT2D eigenvalue weighted by Gasteiger charge is -2.36. The van der Waals surface area contributed by atoms with Gasteiger partial charge in [0.15, 0.2) is 0 Å². The Labute approximate surface area is 149 Å². The molecule has 0 spiro atoms. The van der Waals surface area contributed by atoms with E-state index in [1.807, 2.05) is 52.0 Å². The van der Waals surface area contributed by atoms with Gasteiger partial charge in [-0.1, -0.05) is 30.3 Å². The van der Waals surface area contributed by atoms with Gasteiger partial charge < -0.3 is 19.4 Å². The predicted molar refractivity (Wildman–Crippen MR) is 95.0 cm³/mol. The van der Waals surface area contributed by atoms with E-state index < -0.39 is 0 Å². The van der Waals surface area contributed by atoms with Gasteiger partial charge in [-0.3, -0.25) is 4.79 Å². The Balaban J connectivity index is 1.40. The minimum Gasteiger partial charge on any atom is -0.367 e. The zero-order chi connectivity index (χ0) is 17.6. The Morgan fingerprint density at radius 1 is 1.12 bits per heavy atom. The lowest BCUT2D eigenvalue weighted by Crippen LogP contribution is -2.48. The minimum absolute atomic E-state index is 0.0392. The van der Waals surface area contributed by atoms with Crippen molar-refractivity contribution >= 4 is 11.9 Å². The standard InChI is InChI=1S/C19H27N3O3/c1-2-20-12-13-22(19(20)24)17-8-10-21(11-9-17)18(23)15-25-14-16-6-4-3-5-7-16/h3-7,17H,2,8-15H2,1H3. The first kappa shape index (κ1) is 17.7. The molecule has 0 aromatic heterocycles. The van der Waals surface area contributed by atoms with E-state index in [2.05, 4.69) is 0 Å². The van der Waals surface area contributed by atoms with Crippen molar-refractivity contribution in [2.75, 3.05) is 39.3 Å². The first-order valence-electron chi connectivity index (χ1n) is 9.14. The average Bonchev–Trinajstić information content (AvgIpc) is 3.03. The molecule has 0 bridgehead atoms. The predicted octanol–water partition coefficient (Wildman–Crippen LogP) is 1.95. The van der Waals surface area contributed by atoms with E-state index in [-0.39, 0.29) is 24.6 Å². The molecule has 0 aliphatic carbocycles. The highest BCUT2D eigenvalue weighted by atomic mass is 16.5. The summed E-state index contributed by atoms with van der Waals surface area (Å²) in [7, 11) is 0. The highest BCUT2D eigenvalue weighted by Crippen LogP contribution is 2.21. The van der Waals surface area contributed by atoms with Crippen LogP contribution in [0.1, 0.15) is 25.3 Å². The van der Waals surface area contributed by atoms with Gasteiger partial charge in [0.1, 0.15) is 6.61 Å². The number of hydrogen-bond acceptors (Lipinski definition) is 3. The van der Waals surface area contributed by atoms with E-state index >= 15 is 0 Å². The minimum atomic E-state index is 0.0392. The van der Waals surface area contributed by atoms with Crippen molar-refractivity contribution in [2.24, 2.45) is 0 Å². The molecule has 2 fully saturated rings. The maximum absolute atomic E-state index is 12.3. The van der Waals surface area contributed by atoms with Crippen molar-refractivity contribution in [1.29, 1.82) is 0 Å². The van der Waals surface area contributed by atoms with E-state index in [1.54, 1.807) is 0 Å². The van der Waals surface area contributed by atoms with Crippen LogP contribution in [0, 0.1) is 0 Å². The number of hydrogen-bond donors (Lipinski definition) is 0. The van der Waals surface area contributed by atoms with Crippen molar-refractivity contribution in [3.8, 4) is 0 Å². The molecule has 2 saturated heterocycles. The summed E-state index contributed by atoms with van der Waals surface area (Å²) in [6.07, 6.45) is 1.71. The van der Waals surface area contributed by atoms with Crippen LogP contribution in [0.5, 0.6) is 0 Å². The monoisotopic (exact) mass is 345 g/mol. The molecule has 2 aliphatic rings. The topological polar surface area (TPSA) is 53.1 Å². The summed E-state index contributed by atoms with van der Waals surface area (Å²) in [5, 5.41) is 0. The van der Waals surface area contributed by atoms with E-state index in [9.17, 15) is 9.59 Å². The number of ether oxygens (including phenoxy) is 1. The maximum atomic E-state index is 12.3. The molecular weight excluding hydrogens is 318 g/mol. The Morgan fingerprint density at radius 3 is 2.48 bits per heavy atom. The molecule has 1 aromatic rings. The first-order valence-corrected chi connectivity index (χ1v) is 9.14. The smallest absolute Gasteiger partial charge is 0.320 e. The Kier molecular flexibility index (Phi) is 5.91. The lowest BCUT2D eigenvalue weighted by atomic mass is 10.0. The van der Waals surface area contributed by atoms with Crippen molar-refractivity contribution in [3.05, 3.63) is 35.9 Å². The molecule has 2 heterocycles. The molecule has 0 radical (unpaired) electrons. The molecule has 1 aromatic carbocycles. The van der Waals surface area contributed by atoms with Crippen molar-refractivity contribution < 1.29 is 14.3 Å². The van der Waals surface area contributed by atoms with Gasteiger partial charge in [-0.15, -0.1) is 0 Å². The molecule has 6 heteroatoms.